The van der Waals surface area contributed by atoms with E-state index in [2.05, 4.69) is 24.1 Å². The van der Waals surface area contributed by atoms with E-state index in [1.807, 2.05) is 18.2 Å². The van der Waals surface area contributed by atoms with Crippen molar-refractivity contribution in [2.45, 2.75) is 26.9 Å². The van der Waals surface area contributed by atoms with Gasteiger partial charge in [0.25, 0.3) is 0 Å². The van der Waals surface area contributed by atoms with E-state index in [1.54, 1.807) is 0 Å². The van der Waals surface area contributed by atoms with Gasteiger partial charge in [0.1, 0.15) is 5.82 Å². The van der Waals surface area contributed by atoms with Gasteiger partial charge >= 0.3 is 0 Å². The predicted molar refractivity (Wildman–Crippen MR) is 69.2 cm³/mol. The Hall–Kier alpha value is -1.13. The third kappa shape index (κ3) is 6.24. The van der Waals surface area contributed by atoms with E-state index >= 15 is 0 Å². The zero-order valence-corrected chi connectivity index (χ0v) is 10.7. The fourth-order valence-corrected chi connectivity index (χ4v) is 1.38. The zero-order chi connectivity index (χ0) is 12.3. The number of anilines is 1. The van der Waals surface area contributed by atoms with Crippen LogP contribution in [0.15, 0.2) is 18.2 Å². The van der Waals surface area contributed by atoms with Gasteiger partial charge in [-0.15, -0.1) is 0 Å². The maximum atomic E-state index is 5.48. The van der Waals surface area contributed by atoms with Crippen LogP contribution in [-0.2, 0) is 16.1 Å². The molecule has 0 amide bonds. The summed E-state index contributed by atoms with van der Waals surface area (Å²) in [6, 6.07) is 5.91. The second-order valence-corrected chi connectivity index (χ2v) is 3.71. The number of nitrogens with one attached hydrogen (secondary N) is 1. The van der Waals surface area contributed by atoms with Crippen LogP contribution in [-0.4, -0.2) is 31.3 Å². The summed E-state index contributed by atoms with van der Waals surface area (Å²) in [5, 5.41) is 3.17. The summed E-state index contributed by atoms with van der Waals surface area (Å²) in [4.78, 5) is 4.42. The van der Waals surface area contributed by atoms with Crippen LogP contribution in [0, 0.1) is 0 Å². The average Bonchev–Trinajstić information content (AvgIpc) is 2.35. The van der Waals surface area contributed by atoms with E-state index in [0.717, 1.165) is 31.1 Å². The van der Waals surface area contributed by atoms with Gasteiger partial charge in [-0.2, -0.15) is 0 Å². The van der Waals surface area contributed by atoms with E-state index in [0.29, 0.717) is 19.8 Å². The van der Waals surface area contributed by atoms with Gasteiger partial charge in [0.15, 0.2) is 0 Å². The molecule has 0 fully saturated rings. The van der Waals surface area contributed by atoms with Gasteiger partial charge in [0.2, 0.25) is 0 Å². The minimum atomic E-state index is 0.536. The molecular weight excluding hydrogens is 216 g/mol. The fraction of sp³-hybridized carbons (Fsp3) is 0.615. The Morgan fingerprint density at radius 2 is 1.94 bits per heavy atom. The summed E-state index contributed by atoms with van der Waals surface area (Å²) >= 11 is 0. The molecule has 1 rings (SSSR count). The van der Waals surface area contributed by atoms with Crippen molar-refractivity contribution in [3.8, 4) is 0 Å². The van der Waals surface area contributed by atoms with Gasteiger partial charge < -0.3 is 14.8 Å². The van der Waals surface area contributed by atoms with Crippen LogP contribution in [0.4, 0.5) is 5.82 Å². The first kappa shape index (κ1) is 13.9. The molecule has 0 aliphatic rings. The highest BCUT2D eigenvalue weighted by atomic mass is 16.5. The number of pyridine rings is 1. The van der Waals surface area contributed by atoms with Crippen LogP contribution in [0.2, 0.25) is 0 Å². The maximum absolute atomic E-state index is 5.48. The lowest BCUT2D eigenvalue weighted by Crippen LogP contribution is -2.06. The second-order valence-electron chi connectivity index (χ2n) is 3.71. The van der Waals surface area contributed by atoms with Crippen LogP contribution in [0.5, 0.6) is 0 Å². The number of rotatable bonds is 9. The molecule has 17 heavy (non-hydrogen) atoms. The summed E-state index contributed by atoms with van der Waals surface area (Å²) < 4.78 is 10.8. The van der Waals surface area contributed by atoms with Gasteiger partial charge in [-0.05, 0) is 25.5 Å². The first-order valence-electron chi connectivity index (χ1n) is 6.22. The van der Waals surface area contributed by atoms with Crippen molar-refractivity contribution in [1.82, 2.24) is 4.98 Å². The molecule has 1 aromatic heterocycles. The van der Waals surface area contributed by atoms with Crippen molar-refractivity contribution < 1.29 is 9.47 Å². The molecule has 0 spiro atoms. The van der Waals surface area contributed by atoms with E-state index in [4.69, 9.17) is 9.47 Å². The van der Waals surface area contributed by atoms with Crippen molar-refractivity contribution in [3.05, 3.63) is 23.9 Å². The third-order valence-corrected chi connectivity index (χ3v) is 2.14. The molecule has 0 unspecified atom stereocenters. The molecule has 0 radical (unpaired) electrons. The highest BCUT2D eigenvalue weighted by Gasteiger charge is 1.97. The predicted octanol–water partition coefficient (Wildman–Crippen LogP) is 2.46. The second kappa shape index (κ2) is 8.96. The molecule has 0 aliphatic carbocycles. The number of hydrogen-bond acceptors (Lipinski definition) is 4. The summed E-state index contributed by atoms with van der Waals surface area (Å²) in [5.74, 6) is 0.899. The van der Waals surface area contributed by atoms with Crippen LogP contribution in [0.25, 0.3) is 0 Å². The summed E-state index contributed by atoms with van der Waals surface area (Å²) in [6.45, 7) is 7.63. The van der Waals surface area contributed by atoms with Crippen molar-refractivity contribution in [1.29, 1.82) is 0 Å². The Morgan fingerprint density at radius 1 is 1.12 bits per heavy atom. The minimum absolute atomic E-state index is 0.536. The van der Waals surface area contributed by atoms with E-state index in [9.17, 15) is 0 Å². The number of aromatic nitrogens is 1. The topological polar surface area (TPSA) is 43.4 Å². The van der Waals surface area contributed by atoms with Gasteiger partial charge in [0, 0.05) is 13.2 Å². The highest BCUT2D eigenvalue weighted by molar-refractivity contribution is 5.34. The lowest BCUT2D eigenvalue weighted by Gasteiger charge is -2.07. The first-order chi connectivity index (χ1) is 8.36. The molecule has 1 aromatic rings. The Kier molecular flexibility index (Phi) is 7.34. The Balaban J connectivity index is 2.19. The van der Waals surface area contributed by atoms with Gasteiger partial charge in [-0.25, -0.2) is 4.98 Å². The molecule has 96 valence electrons. The third-order valence-electron chi connectivity index (χ3n) is 2.14. The molecule has 4 nitrogen and oxygen atoms in total. The molecule has 0 saturated heterocycles. The molecule has 0 aliphatic heterocycles. The van der Waals surface area contributed by atoms with Crippen molar-refractivity contribution in [3.63, 3.8) is 0 Å². The molecule has 0 aromatic carbocycles. The minimum Gasteiger partial charge on any atom is -0.379 e. The van der Waals surface area contributed by atoms with Crippen molar-refractivity contribution >= 4 is 5.82 Å². The quantitative estimate of drug-likeness (QED) is 0.671. The summed E-state index contributed by atoms with van der Waals surface area (Å²) in [7, 11) is 0. The van der Waals surface area contributed by atoms with Crippen LogP contribution in [0.1, 0.15) is 26.0 Å². The molecule has 1 N–H and O–H groups in total. The van der Waals surface area contributed by atoms with Crippen LogP contribution >= 0.6 is 0 Å². The Morgan fingerprint density at radius 3 is 2.71 bits per heavy atom. The van der Waals surface area contributed by atoms with Crippen molar-refractivity contribution in [2.24, 2.45) is 0 Å². The van der Waals surface area contributed by atoms with E-state index in [1.165, 1.54) is 0 Å². The first-order valence-corrected chi connectivity index (χ1v) is 6.22. The fourth-order valence-electron chi connectivity index (χ4n) is 1.38. The number of hydrogen-bond donors (Lipinski definition) is 1. The van der Waals surface area contributed by atoms with Crippen LogP contribution < -0.4 is 5.32 Å². The lowest BCUT2D eigenvalue weighted by molar-refractivity contribution is 0.0398. The van der Waals surface area contributed by atoms with Gasteiger partial charge in [-0.3, -0.25) is 0 Å². The summed E-state index contributed by atoms with van der Waals surface area (Å²) in [6.07, 6.45) is 1.05. The highest BCUT2D eigenvalue weighted by Crippen LogP contribution is 2.05. The lowest BCUT2D eigenvalue weighted by atomic mass is 10.3. The molecule has 0 saturated carbocycles. The monoisotopic (exact) mass is 238 g/mol. The molecule has 4 heteroatoms. The standard InChI is InChI=1S/C13H22N2O2/c1-3-8-16-9-10-17-11-12-6-5-7-13(15-12)14-4-2/h5-7H,3-4,8-11H2,1-2H3,(H,14,15). The largest absolute Gasteiger partial charge is 0.379 e. The average molecular weight is 238 g/mol. The summed E-state index contributed by atoms with van der Waals surface area (Å²) in [5.41, 5.74) is 0.943. The van der Waals surface area contributed by atoms with Crippen LogP contribution in [0.3, 0.4) is 0 Å². The smallest absolute Gasteiger partial charge is 0.126 e. The van der Waals surface area contributed by atoms with Crippen molar-refractivity contribution in [2.75, 3.05) is 31.7 Å². The maximum Gasteiger partial charge on any atom is 0.126 e. The number of nitrogens with zero attached hydrogens (tertiary/aromatic N) is 1. The normalized spacial score (nSPS) is 10.5. The molecular formula is C13H22N2O2. The van der Waals surface area contributed by atoms with E-state index < -0.39 is 0 Å². The van der Waals surface area contributed by atoms with Gasteiger partial charge in [0.05, 0.1) is 25.5 Å². The molecule has 0 bridgehead atoms. The van der Waals surface area contributed by atoms with Gasteiger partial charge in [-0.1, -0.05) is 13.0 Å². The molecule has 0 atom stereocenters. The Labute approximate surface area is 103 Å². The zero-order valence-electron chi connectivity index (χ0n) is 10.7. The number of ether oxygens (including phenoxy) is 2. The Bertz CT molecular complexity index is 305. The van der Waals surface area contributed by atoms with E-state index in [-0.39, 0.29) is 0 Å². The SMILES string of the molecule is CCCOCCOCc1cccc(NCC)n1. The molecule has 1 heterocycles.